The van der Waals surface area contributed by atoms with Gasteiger partial charge in [-0.05, 0) is 36.8 Å². The average Bonchev–Trinajstić information content (AvgIpc) is 3.01. The van der Waals surface area contributed by atoms with Gasteiger partial charge in [0.25, 0.3) is 0 Å². The van der Waals surface area contributed by atoms with Crippen molar-refractivity contribution >= 4 is 23.2 Å². The second-order valence-corrected chi connectivity index (χ2v) is 6.84. The summed E-state index contributed by atoms with van der Waals surface area (Å²) in [5.74, 6) is 0.138. The van der Waals surface area contributed by atoms with Crippen molar-refractivity contribution in [1.29, 1.82) is 0 Å². The van der Waals surface area contributed by atoms with Crippen LogP contribution in [0.25, 0.3) is 0 Å². The Morgan fingerprint density at radius 3 is 2.75 bits per heavy atom. The Labute approximate surface area is 123 Å². The van der Waals surface area contributed by atoms with E-state index in [1.165, 1.54) is 10.4 Å². The second-order valence-electron chi connectivity index (χ2n) is 5.84. The van der Waals surface area contributed by atoms with Gasteiger partial charge in [0, 0.05) is 17.8 Å². The molecule has 1 saturated heterocycles. The van der Waals surface area contributed by atoms with Crippen molar-refractivity contribution in [2.24, 2.45) is 0 Å². The summed E-state index contributed by atoms with van der Waals surface area (Å²) in [6.07, 6.45) is 4.04. The molecule has 0 radical (unpaired) electrons. The van der Waals surface area contributed by atoms with Crippen LogP contribution in [0.15, 0.2) is 11.4 Å². The molecule has 2 amide bonds. The van der Waals surface area contributed by atoms with Crippen LogP contribution in [-0.4, -0.2) is 28.8 Å². The number of nitrogens with one attached hydrogen (secondary N) is 1. The summed E-state index contributed by atoms with van der Waals surface area (Å²) in [6, 6.07) is 2.08. The molecule has 2 fully saturated rings. The Hall–Kier alpha value is -1.36. The van der Waals surface area contributed by atoms with Crippen LogP contribution in [0.1, 0.15) is 42.5 Å². The first kappa shape index (κ1) is 13.6. The van der Waals surface area contributed by atoms with Gasteiger partial charge in [0.15, 0.2) is 0 Å². The van der Waals surface area contributed by atoms with Crippen molar-refractivity contribution < 1.29 is 9.59 Å². The van der Waals surface area contributed by atoms with Crippen LogP contribution in [-0.2, 0) is 16.1 Å². The Bertz CT molecular complexity index is 532. The molecule has 2 heterocycles. The maximum absolute atomic E-state index is 12.9. The van der Waals surface area contributed by atoms with Crippen LogP contribution >= 0.6 is 11.3 Å². The fraction of sp³-hybridized carbons (Fsp3) is 0.600. The minimum atomic E-state index is -0.612. The molecule has 0 atom stereocenters. The molecule has 0 bridgehead atoms. The summed E-state index contributed by atoms with van der Waals surface area (Å²) < 4.78 is 0. The molecule has 2 aliphatic rings. The van der Waals surface area contributed by atoms with E-state index in [1.54, 1.807) is 11.3 Å². The molecule has 0 unspecified atom stereocenters. The van der Waals surface area contributed by atoms with Crippen molar-refractivity contribution in [1.82, 2.24) is 10.2 Å². The number of thiophene rings is 1. The van der Waals surface area contributed by atoms with Crippen molar-refractivity contribution in [2.75, 3.05) is 6.54 Å². The molecule has 5 heteroatoms. The van der Waals surface area contributed by atoms with E-state index in [-0.39, 0.29) is 11.8 Å². The van der Waals surface area contributed by atoms with Crippen LogP contribution in [0, 0.1) is 6.92 Å². The molecule has 1 spiro atoms. The SMILES string of the molecule is Cc1ccsc1CN1CCC(=O)NC2(CCCC2)C1=O. The predicted molar refractivity (Wildman–Crippen MR) is 78.4 cm³/mol. The van der Waals surface area contributed by atoms with Gasteiger partial charge in [0.1, 0.15) is 5.54 Å². The molecule has 1 aliphatic carbocycles. The number of nitrogens with zero attached hydrogens (tertiary/aromatic N) is 1. The molecule has 1 aliphatic heterocycles. The molecule has 3 rings (SSSR count). The Balaban J connectivity index is 1.84. The van der Waals surface area contributed by atoms with Crippen molar-refractivity contribution in [3.63, 3.8) is 0 Å². The maximum atomic E-state index is 12.9. The summed E-state index contributed by atoms with van der Waals surface area (Å²) in [6.45, 7) is 3.24. The zero-order chi connectivity index (χ0) is 14.2. The highest BCUT2D eigenvalue weighted by molar-refractivity contribution is 7.10. The zero-order valence-electron chi connectivity index (χ0n) is 11.8. The molecule has 1 saturated carbocycles. The van der Waals surface area contributed by atoms with Crippen LogP contribution in [0.4, 0.5) is 0 Å². The van der Waals surface area contributed by atoms with E-state index in [0.717, 1.165) is 25.7 Å². The number of aryl methyl sites for hydroxylation is 1. The van der Waals surface area contributed by atoms with Gasteiger partial charge in [0.2, 0.25) is 11.8 Å². The highest BCUT2D eigenvalue weighted by Gasteiger charge is 2.46. The maximum Gasteiger partial charge on any atom is 0.248 e. The van der Waals surface area contributed by atoms with Crippen molar-refractivity contribution in [3.8, 4) is 0 Å². The first-order valence-electron chi connectivity index (χ1n) is 7.24. The van der Waals surface area contributed by atoms with E-state index < -0.39 is 5.54 Å². The first-order chi connectivity index (χ1) is 9.61. The number of carbonyl (C=O) groups excluding carboxylic acids is 2. The van der Waals surface area contributed by atoms with Crippen LogP contribution in [0.3, 0.4) is 0 Å². The zero-order valence-corrected chi connectivity index (χ0v) is 12.6. The molecule has 0 aromatic carbocycles. The summed E-state index contributed by atoms with van der Waals surface area (Å²) >= 11 is 1.68. The minimum Gasteiger partial charge on any atom is -0.342 e. The van der Waals surface area contributed by atoms with Crippen LogP contribution in [0.2, 0.25) is 0 Å². The number of amides is 2. The number of carbonyl (C=O) groups is 2. The highest BCUT2D eigenvalue weighted by Crippen LogP contribution is 2.33. The fourth-order valence-corrected chi connectivity index (χ4v) is 4.15. The Kier molecular flexibility index (Phi) is 3.54. The summed E-state index contributed by atoms with van der Waals surface area (Å²) in [5, 5.41) is 5.06. The van der Waals surface area contributed by atoms with E-state index >= 15 is 0 Å². The number of rotatable bonds is 2. The lowest BCUT2D eigenvalue weighted by Gasteiger charge is -2.31. The lowest BCUT2D eigenvalue weighted by Crippen LogP contribution is -2.55. The van der Waals surface area contributed by atoms with Crippen molar-refractivity contribution in [3.05, 3.63) is 21.9 Å². The molecular weight excluding hydrogens is 272 g/mol. The van der Waals surface area contributed by atoms with Gasteiger partial charge in [0.05, 0.1) is 6.54 Å². The van der Waals surface area contributed by atoms with Gasteiger partial charge in [-0.1, -0.05) is 12.8 Å². The highest BCUT2D eigenvalue weighted by atomic mass is 32.1. The lowest BCUT2D eigenvalue weighted by molar-refractivity contribution is -0.139. The summed E-state index contributed by atoms with van der Waals surface area (Å²) in [4.78, 5) is 27.9. The summed E-state index contributed by atoms with van der Waals surface area (Å²) in [5.41, 5.74) is 0.616. The van der Waals surface area contributed by atoms with Crippen LogP contribution in [0.5, 0.6) is 0 Å². The molecule has 1 aromatic rings. The quantitative estimate of drug-likeness (QED) is 0.908. The molecule has 20 heavy (non-hydrogen) atoms. The molecule has 108 valence electrons. The van der Waals surface area contributed by atoms with Gasteiger partial charge in [-0.25, -0.2) is 0 Å². The average molecular weight is 292 g/mol. The van der Waals surface area contributed by atoms with Gasteiger partial charge in [-0.3, -0.25) is 9.59 Å². The summed E-state index contributed by atoms with van der Waals surface area (Å²) in [7, 11) is 0. The van der Waals surface area contributed by atoms with E-state index in [0.29, 0.717) is 19.5 Å². The smallest absolute Gasteiger partial charge is 0.248 e. The first-order valence-corrected chi connectivity index (χ1v) is 8.12. The minimum absolute atomic E-state index is 0.0191. The Morgan fingerprint density at radius 2 is 2.10 bits per heavy atom. The molecule has 4 nitrogen and oxygen atoms in total. The van der Waals surface area contributed by atoms with Crippen LogP contribution < -0.4 is 5.32 Å². The van der Waals surface area contributed by atoms with Gasteiger partial charge < -0.3 is 10.2 Å². The number of hydrogen-bond acceptors (Lipinski definition) is 3. The number of hydrogen-bond donors (Lipinski definition) is 1. The molecular formula is C15H20N2O2S. The normalized spacial score (nSPS) is 22.1. The van der Waals surface area contributed by atoms with E-state index in [9.17, 15) is 9.59 Å². The fourth-order valence-electron chi connectivity index (χ4n) is 3.23. The standard InChI is InChI=1S/C15H20N2O2S/c1-11-5-9-20-12(11)10-17-8-4-13(18)16-15(14(17)19)6-2-3-7-15/h5,9H,2-4,6-8,10H2,1H3,(H,16,18). The third-order valence-electron chi connectivity index (χ3n) is 4.44. The lowest BCUT2D eigenvalue weighted by atomic mass is 9.96. The molecule has 1 N–H and O–H groups in total. The van der Waals surface area contributed by atoms with E-state index in [1.807, 2.05) is 4.90 Å². The van der Waals surface area contributed by atoms with Gasteiger partial charge >= 0.3 is 0 Å². The van der Waals surface area contributed by atoms with Gasteiger partial charge in [-0.2, -0.15) is 0 Å². The molecule has 1 aromatic heterocycles. The third kappa shape index (κ3) is 2.35. The largest absolute Gasteiger partial charge is 0.342 e. The van der Waals surface area contributed by atoms with Crippen molar-refractivity contribution in [2.45, 2.75) is 51.1 Å². The monoisotopic (exact) mass is 292 g/mol. The van der Waals surface area contributed by atoms with E-state index in [4.69, 9.17) is 0 Å². The topological polar surface area (TPSA) is 49.4 Å². The van der Waals surface area contributed by atoms with Gasteiger partial charge in [-0.15, -0.1) is 11.3 Å². The Morgan fingerprint density at radius 1 is 1.35 bits per heavy atom. The predicted octanol–water partition coefficient (Wildman–Crippen LogP) is 2.22. The third-order valence-corrected chi connectivity index (χ3v) is 5.45. The van der Waals surface area contributed by atoms with E-state index in [2.05, 4.69) is 23.7 Å². The second kappa shape index (κ2) is 5.20.